The number of aromatic nitrogens is 3. The quantitative estimate of drug-likeness (QED) is 0.594. The van der Waals surface area contributed by atoms with Crippen molar-refractivity contribution >= 4 is 11.9 Å². The van der Waals surface area contributed by atoms with E-state index in [1.807, 2.05) is 0 Å². The highest BCUT2D eigenvalue weighted by atomic mass is 16.2. The van der Waals surface area contributed by atoms with Crippen molar-refractivity contribution in [3.8, 4) is 0 Å². The Balaban J connectivity index is 1.80. The Morgan fingerprint density at radius 1 is 1.19 bits per heavy atom. The van der Waals surface area contributed by atoms with Gasteiger partial charge in [0.1, 0.15) is 12.2 Å². The minimum atomic E-state index is -0.579. The van der Waals surface area contributed by atoms with E-state index in [2.05, 4.69) is 25.8 Å². The number of hydrogen-bond acceptors (Lipinski definition) is 4. The van der Waals surface area contributed by atoms with Crippen molar-refractivity contribution < 1.29 is 9.59 Å². The monoisotopic (exact) mass is 288 g/mol. The Hall–Kier alpha value is -2.90. The fourth-order valence-corrected chi connectivity index (χ4v) is 1.71. The van der Waals surface area contributed by atoms with E-state index in [4.69, 9.17) is 5.73 Å². The summed E-state index contributed by atoms with van der Waals surface area (Å²) in [4.78, 5) is 26.5. The fourth-order valence-electron chi connectivity index (χ4n) is 1.71. The zero-order valence-electron chi connectivity index (χ0n) is 11.3. The molecule has 1 heterocycles. The molecule has 0 radical (unpaired) electrons. The van der Waals surface area contributed by atoms with Crippen LogP contribution in [0.4, 0.5) is 4.79 Å². The van der Waals surface area contributed by atoms with E-state index in [1.165, 1.54) is 6.33 Å². The SMILES string of the molecule is NC(=O)NCc1ccc(C(=O)NCCc2ncn[nH]2)cc1. The average Bonchev–Trinajstić information content (AvgIpc) is 2.99. The molecule has 0 bridgehead atoms. The van der Waals surface area contributed by atoms with Gasteiger partial charge in [-0.1, -0.05) is 12.1 Å². The summed E-state index contributed by atoms with van der Waals surface area (Å²) in [6, 6.07) is 6.34. The van der Waals surface area contributed by atoms with E-state index < -0.39 is 6.03 Å². The molecule has 110 valence electrons. The highest BCUT2D eigenvalue weighted by Gasteiger charge is 2.05. The molecule has 1 aromatic heterocycles. The number of aromatic amines is 1. The molecule has 21 heavy (non-hydrogen) atoms. The summed E-state index contributed by atoms with van der Waals surface area (Å²) >= 11 is 0. The van der Waals surface area contributed by atoms with Gasteiger partial charge in [-0.25, -0.2) is 9.78 Å². The zero-order valence-corrected chi connectivity index (χ0v) is 11.3. The number of nitrogens with zero attached hydrogens (tertiary/aromatic N) is 2. The van der Waals surface area contributed by atoms with Gasteiger partial charge in [-0.2, -0.15) is 5.10 Å². The summed E-state index contributed by atoms with van der Waals surface area (Å²) in [6.07, 6.45) is 2.02. The molecular formula is C13H16N6O2. The van der Waals surface area contributed by atoms with Gasteiger partial charge in [0.2, 0.25) is 0 Å². The van der Waals surface area contributed by atoms with Gasteiger partial charge < -0.3 is 16.4 Å². The lowest BCUT2D eigenvalue weighted by atomic mass is 10.1. The third kappa shape index (κ3) is 4.60. The van der Waals surface area contributed by atoms with Crippen molar-refractivity contribution in [3.05, 3.63) is 47.5 Å². The first kappa shape index (κ1) is 14.5. The average molecular weight is 288 g/mol. The van der Waals surface area contributed by atoms with E-state index in [1.54, 1.807) is 24.3 Å². The molecule has 0 atom stereocenters. The van der Waals surface area contributed by atoms with Crippen LogP contribution in [0.2, 0.25) is 0 Å². The molecule has 0 aliphatic carbocycles. The van der Waals surface area contributed by atoms with Gasteiger partial charge in [0, 0.05) is 25.1 Å². The van der Waals surface area contributed by atoms with Crippen molar-refractivity contribution in [1.82, 2.24) is 25.8 Å². The summed E-state index contributed by atoms with van der Waals surface area (Å²) in [7, 11) is 0. The number of primary amides is 1. The predicted octanol–water partition coefficient (Wildman–Crippen LogP) is -0.0545. The molecule has 0 saturated carbocycles. The minimum Gasteiger partial charge on any atom is -0.352 e. The lowest BCUT2D eigenvalue weighted by molar-refractivity contribution is 0.0954. The molecule has 0 saturated heterocycles. The number of urea groups is 1. The molecule has 8 heteroatoms. The van der Waals surface area contributed by atoms with E-state index in [0.29, 0.717) is 25.1 Å². The Kier molecular flexibility index (Phi) is 4.86. The zero-order chi connectivity index (χ0) is 15.1. The van der Waals surface area contributed by atoms with Crippen LogP contribution in [0.15, 0.2) is 30.6 Å². The van der Waals surface area contributed by atoms with Gasteiger partial charge in [0.05, 0.1) is 0 Å². The number of nitrogens with two attached hydrogens (primary N) is 1. The third-order valence-corrected chi connectivity index (χ3v) is 2.80. The molecule has 8 nitrogen and oxygen atoms in total. The van der Waals surface area contributed by atoms with Crippen LogP contribution < -0.4 is 16.4 Å². The largest absolute Gasteiger partial charge is 0.352 e. The first-order chi connectivity index (χ1) is 10.1. The molecule has 2 aromatic rings. The molecule has 0 fully saturated rings. The van der Waals surface area contributed by atoms with E-state index in [9.17, 15) is 9.59 Å². The molecule has 1 aromatic carbocycles. The summed E-state index contributed by atoms with van der Waals surface area (Å²) in [6.45, 7) is 0.807. The van der Waals surface area contributed by atoms with Crippen LogP contribution in [0.3, 0.4) is 0 Å². The second-order valence-electron chi connectivity index (χ2n) is 4.35. The number of H-pyrrole nitrogens is 1. The van der Waals surface area contributed by atoms with Crippen LogP contribution in [0.1, 0.15) is 21.7 Å². The van der Waals surface area contributed by atoms with Crippen LogP contribution in [-0.4, -0.2) is 33.7 Å². The lowest BCUT2D eigenvalue weighted by Crippen LogP contribution is -2.28. The van der Waals surface area contributed by atoms with Crippen molar-refractivity contribution in [2.24, 2.45) is 5.73 Å². The van der Waals surface area contributed by atoms with Crippen molar-refractivity contribution in [2.75, 3.05) is 6.54 Å². The fraction of sp³-hybridized carbons (Fsp3) is 0.231. The third-order valence-electron chi connectivity index (χ3n) is 2.80. The van der Waals surface area contributed by atoms with E-state index in [0.717, 1.165) is 11.4 Å². The normalized spacial score (nSPS) is 10.1. The standard InChI is InChI=1S/C13H16N6O2/c14-13(21)16-7-9-1-3-10(4-2-9)12(20)15-6-5-11-17-8-18-19-11/h1-4,8H,5-7H2,(H,15,20)(H3,14,16,21)(H,17,18,19). The van der Waals surface area contributed by atoms with E-state index >= 15 is 0 Å². The summed E-state index contributed by atoms with van der Waals surface area (Å²) in [5, 5.41) is 11.7. The van der Waals surface area contributed by atoms with Gasteiger partial charge in [0.25, 0.3) is 5.91 Å². The van der Waals surface area contributed by atoms with E-state index in [-0.39, 0.29) is 5.91 Å². The van der Waals surface area contributed by atoms with Gasteiger partial charge in [-0.15, -0.1) is 0 Å². The number of rotatable bonds is 6. The topological polar surface area (TPSA) is 126 Å². The highest BCUT2D eigenvalue weighted by Crippen LogP contribution is 2.04. The molecule has 0 unspecified atom stereocenters. The maximum atomic E-state index is 11.9. The first-order valence-electron chi connectivity index (χ1n) is 6.40. The highest BCUT2D eigenvalue weighted by molar-refractivity contribution is 5.94. The van der Waals surface area contributed by atoms with Gasteiger partial charge in [0.15, 0.2) is 0 Å². The molecule has 0 aliphatic rings. The summed E-state index contributed by atoms with van der Waals surface area (Å²) < 4.78 is 0. The smallest absolute Gasteiger partial charge is 0.312 e. The van der Waals surface area contributed by atoms with Crippen LogP contribution in [0.25, 0.3) is 0 Å². The molecular weight excluding hydrogens is 272 g/mol. The minimum absolute atomic E-state index is 0.163. The van der Waals surface area contributed by atoms with Crippen molar-refractivity contribution in [2.45, 2.75) is 13.0 Å². The van der Waals surface area contributed by atoms with Crippen molar-refractivity contribution in [3.63, 3.8) is 0 Å². The Labute approximate surface area is 121 Å². The maximum absolute atomic E-state index is 11.9. The van der Waals surface area contributed by atoms with Crippen molar-refractivity contribution in [1.29, 1.82) is 0 Å². The second-order valence-corrected chi connectivity index (χ2v) is 4.35. The maximum Gasteiger partial charge on any atom is 0.312 e. The molecule has 0 spiro atoms. The summed E-state index contributed by atoms with van der Waals surface area (Å²) in [5.41, 5.74) is 6.41. The van der Waals surface area contributed by atoms with Crippen LogP contribution in [0, 0.1) is 0 Å². The predicted molar refractivity (Wildman–Crippen MR) is 75.3 cm³/mol. The van der Waals surface area contributed by atoms with Crippen LogP contribution in [0.5, 0.6) is 0 Å². The van der Waals surface area contributed by atoms with Crippen LogP contribution in [-0.2, 0) is 13.0 Å². The number of carbonyl (C=O) groups is 2. The molecule has 3 amide bonds. The number of benzene rings is 1. The Morgan fingerprint density at radius 3 is 2.57 bits per heavy atom. The van der Waals surface area contributed by atoms with Gasteiger partial charge >= 0.3 is 6.03 Å². The van der Waals surface area contributed by atoms with Crippen LogP contribution >= 0.6 is 0 Å². The molecule has 2 rings (SSSR count). The van der Waals surface area contributed by atoms with Gasteiger partial charge in [-0.3, -0.25) is 9.89 Å². The second kappa shape index (κ2) is 7.04. The first-order valence-corrected chi connectivity index (χ1v) is 6.40. The summed E-state index contributed by atoms with van der Waals surface area (Å²) in [5.74, 6) is 0.562. The number of amides is 3. The number of hydrogen-bond donors (Lipinski definition) is 4. The molecule has 0 aliphatic heterocycles. The Morgan fingerprint density at radius 2 is 1.95 bits per heavy atom. The number of nitrogens with one attached hydrogen (secondary N) is 3. The van der Waals surface area contributed by atoms with Gasteiger partial charge in [-0.05, 0) is 17.7 Å². The lowest BCUT2D eigenvalue weighted by Gasteiger charge is -2.06. The number of carbonyl (C=O) groups excluding carboxylic acids is 2. The Bertz CT molecular complexity index is 594. The molecule has 5 N–H and O–H groups in total.